The van der Waals surface area contributed by atoms with Crippen LogP contribution in [0, 0.1) is 12.7 Å². The van der Waals surface area contributed by atoms with E-state index >= 15 is 0 Å². The van der Waals surface area contributed by atoms with Crippen LogP contribution < -0.4 is 4.90 Å². The Hall–Kier alpha value is -3.78. The van der Waals surface area contributed by atoms with Crippen LogP contribution in [0.1, 0.15) is 23.1 Å². The molecule has 0 radical (unpaired) electrons. The van der Waals surface area contributed by atoms with Gasteiger partial charge in [-0.05, 0) is 31.0 Å². The lowest BCUT2D eigenvalue weighted by Crippen LogP contribution is -2.52. The molecule has 2 aromatic carbocycles. The number of nitrogens with zero attached hydrogens (tertiary/aromatic N) is 2. The summed E-state index contributed by atoms with van der Waals surface area (Å²) in [6, 6.07) is 10.8. The maximum Gasteiger partial charge on any atom is 0.296 e. The van der Waals surface area contributed by atoms with Gasteiger partial charge in [0.05, 0.1) is 11.3 Å². The molecule has 1 unspecified atom stereocenters. The molecule has 1 saturated heterocycles. The molecule has 1 fully saturated rings. The van der Waals surface area contributed by atoms with Crippen molar-refractivity contribution in [2.24, 2.45) is 0 Å². The highest BCUT2D eigenvalue weighted by atomic mass is 19.1. The number of hydrogen-bond acceptors (Lipinski definition) is 5. The summed E-state index contributed by atoms with van der Waals surface area (Å²) in [7, 11) is 1.51. The number of benzene rings is 2. The van der Waals surface area contributed by atoms with Crippen molar-refractivity contribution in [3.05, 3.63) is 83.2 Å². The lowest BCUT2D eigenvalue weighted by atomic mass is 9.81. The molecule has 0 aromatic heterocycles. The van der Waals surface area contributed by atoms with Gasteiger partial charge in [0.15, 0.2) is 5.54 Å². The number of fused-ring (bicyclic) bond motifs is 2. The van der Waals surface area contributed by atoms with Gasteiger partial charge in [-0.2, -0.15) is 0 Å². The summed E-state index contributed by atoms with van der Waals surface area (Å²) < 4.78 is 19.4. The Bertz CT molecular complexity index is 1240. The molecule has 34 heavy (non-hydrogen) atoms. The lowest BCUT2D eigenvalue weighted by molar-refractivity contribution is -0.143. The third kappa shape index (κ3) is 3.25. The zero-order valence-electron chi connectivity index (χ0n) is 19.0. The molecule has 176 valence electrons. The van der Waals surface area contributed by atoms with E-state index in [4.69, 9.17) is 4.74 Å². The van der Waals surface area contributed by atoms with Crippen molar-refractivity contribution in [1.29, 1.82) is 0 Å². The Labute approximate surface area is 196 Å². The standard InChI is InChI=1S/C26H25FN2O5/c1-4-12-28-20-9-6-5-8-18(20)26(25(28)33)21(22(30)17-11-10-16(2)19(27)15-17)23(31)24(32)29(26)13-7-14-34-3/h4-6,8-11,15,30H,1,7,12-14H2,2-3H3/b22-21-. The van der Waals surface area contributed by atoms with Crippen molar-refractivity contribution in [3.8, 4) is 0 Å². The smallest absolute Gasteiger partial charge is 0.296 e. The van der Waals surface area contributed by atoms with Crippen LogP contribution in [0.5, 0.6) is 0 Å². The summed E-state index contributed by atoms with van der Waals surface area (Å²) in [6.07, 6.45) is 1.90. The molecule has 2 heterocycles. The number of likely N-dealkylation sites (tertiary alicyclic amines) is 1. The van der Waals surface area contributed by atoms with E-state index in [1.807, 2.05) is 0 Å². The number of aryl methyl sites for hydroxylation is 1. The van der Waals surface area contributed by atoms with Gasteiger partial charge in [-0.1, -0.05) is 36.4 Å². The minimum absolute atomic E-state index is 0.00446. The van der Waals surface area contributed by atoms with Crippen LogP contribution in [0.3, 0.4) is 0 Å². The largest absolute Gasteiger partial charge is 0.507 e. The average molecular weight is 464 g/mol. The second-order valence-electron chi connectivity index (χ2n) is 8.25. The topological polar surface area (TPSA) is 87.2 Å². The highest BCUT2D eigenvalue weighted by Gasteiger charge is 2.66. The van der Waals surface area contributed by atoms with Crippen LogP contribution in [-0.2, 0) is 24.7 Å². The number of ether oxygens (including phenoxy) is 1. The van der Waals surface area contributed by atoms with E-state index in [-0.39, 0.29) is 24.2 Å². The number of amides is 2. The molecule has 2 aromatic rings. The van der Waals surface area contributed by atoms with Gasteiger partial charge in [0, 0.05) is 37.9 Å². The third-order valence-corrected chi connectivity index (χ3v) is 6.30. The van der Waals surface area contributed by atoms with Gasteiger partial charge in [0.25, 0.3) is 17.6 Å². The Morgan fingerprint density at radius 2 is 1.94 bits per heavy atom. The van der Waals surface area contributed by atoms with E-state index in [0.29, 0.717) is 29.8 Å². The van der Waals surface area contributed by atoms with Gasteiger partial charge >= 0.3 is 0 Å². The molecule has 0 aliphatic carbocycles. The highest BCUT2D eigenvalue weighted by molar-refractivity contribution is 6.50. The Morgan fingerprint density at radius 1 is 1.21 bits per heavy atom. The summed E-state index contributed by atoms with van der Waals surface area (Å²) in [5, 5.41) is 11.3. The minimum Gasteiger partial charge on any atom is -0.507 e. The average Bonchev–Trinajstić information content (AvgIpc) is 3.20. The molecule has 2 aliphatic heterocycles. The number of methoxy groups -OCH3 is 1. The zero-order chi connectivity index (χ0) is 24.6. The van der Waals surface area contributed by atoms with Crippen LogP contribution in [0.25, 0.3) is 5.76 Å². The lowest BCUT2D eigenvalue weighted by Gasteiger charge is -2.34. The number of Topliss-reactive ketones (excluding diaryl/α,β-unsaturated/α-hetero) is 1. The number of ketones is 1. The number of carbonyl (C=O) groups excluding carboxylic acids is 3. The van der Waals surface area contributed by atoms with E-state index in [1.165, 1.54) is 29.0 Å². The summed E-state index contributed by atoms with van der Waals surface area (Å²) in [5.41, 5.74) is -0.996. The van der Waals surface area contributed by atoms with E-state index in [0.717, 1.165) is 6.07 Å². The molecule has 8 heteroatoms. The number of aliphatic hydroxyl groups excluding tert-OH is 1. The van der Waals surface area contributed by atoms with Crippen molar-refractivity contribution in [1.82, 2.24) is 4.90 Å². The van der Waals surface area contributed by atoms with E-state index in [9.17, 15) is 23.9 Å². The van der Waals surface area contributed by atoms with Gasteiger partial charge in [-0.25, -0.2) is 4.39 Å². The van der Waals surface area contributed by atoms with Gasteiger partial charge in [0.1, 0.15) is 11.6 Å². The van der Waals surface area contributed by atoms with Crippen LogP contribution in [-0.4, -0.2) is 54.4 Å². The van der Waals surface area contributed by atoms with Crippen molar-refractivity contribution in [3.63, 3.8) is 0 Å². The van der Waals surface area contributed by atoms with Crippen LogP contribution in [0.4, 0.5) is 10.1 Å². The van der Waals surface area contributed by atoms with Crippen molar-refractivity contribution in [2.45, 2.75) is 18.9 Å². The van der Waals surface area contributed by atoms with E-state index in [1.54, 1.807) is 37.3 Å². The second kappa shape index (κ2) is 8.87. The molecule has 1 spiro atoms. The van der Waals surface area contributed by atoms with Crippen LogP contribution >= 0.6 is 0 Å². The van der Waals surface area contributed by atoms with Gasteiger partial charge < -0.3 is 19.6 Å². The molecule has 0 saturated carbocycles. The van der Waals surface area contributed by atoms with Gasteiger partial charge in [0.2, 0.25) is 0 Å². The molecular weight excluding hydrogens is 439 g/mol. The summed E-state index contributed by atoms with van der Waals surface area (Å²) >= 11 is 0. The summed E-state index contributed by atoms with van der Waals surface area (Å²) in [5.74, 6) is -3.65. The number of para-hydroxylation sites is 1. The highest BCUT2D eigenvalue weighted by Crippen LogP contribution is 2.53. The first-order chi connectivity index (χ1) is 16.3. The number of rotatable bonds is 7. The number of carbonyl (C=O) groups is 3. The number of anilines is 1. The summed E-state index contributed by atoms with van der Waals surface area (Å²) in [6.45, 7) is 5.76. The molecule has 2 amide bonds. The normalized spacial score (nSPS) is 21.0. The molecule has 1 atom stereocenters. The maximum absolute atomic E-state index is 14.3. The Kier molecular flexibility index (Phi) is 6.10. The predicted molar refractivity (Wildman–Crippen MR) is 125 cm³/mol. The summed E-state index contributed by atoms with van der Waals surface area (Å²) in [4.78, 5) is 43.3. The number of aliphatic hydroxyl groups is 1. The quantitative estimate of drug-likeness (QED) is 0.223. The van der Waals surface area contributed by atoms with Gasteiger partial charge in [-0.3, -0.25) is 14.4 Å². The van der Waals surface area contributed by atoms with E-state index < -0.39 is 34.7 Å². The van der Waals surface area contributed by atoms with Crippen molar-refractivity contribution in [2.75, 3.05) is 31.7 Å². The number of hydrogen-bond donors (Lipinski definition) is 1. The first-order valence-electron chi connectivity index (χ1n) is 10.9. The van der Waals surface area contributed by atoms with Crippen LogP contribution in [0.2, 0.25) is 0 Å². The molecule has 1 N–H and O–H groups in total. The molecule has 7 nitrogen and oxygen atoms in total. The molecule has 4 rings (SSSR count). The fraction of sp³-hybridized carbons (Fsp3) is 0.269. The second-order valence-corrected chi connectivity index (χ2v) is 8.25. The van der Waals surface area contributed by atoms with Crippen LogP contribution in [0.15, 0.2) is 60.7 Å². The van der Waals surface area contributed by atoms with Crippen molar-refractivity contribution < 1.29 is 28.6 Å². The van der Waals surface area contributed by atoms with E-state index in [2.05, 4.69) is 6.58 Å². The number of halogens is 1. The first kappa shape index (κ1) is 23.4. The molecule has 2 aliphatic rings. The monoisotopic (exact) mass is 464 g/mol. The van der Waals surface area contributed by atoms with Gasteiger partial charge in [-0.15, -0.1) is 6.58 Å². The SMILES string of the molecule is C=CCN1C(=O)C2(/C(=C(\O)c3ccc(C)c(F)c3)C(=O)C(=O)N2CCCOC)c2ccccc21. The Balaban J connectivity index is 2.04. The Morgan fingerprint density at radius 3 is 2.62 bits per heavy atom. The molecule has 0 bridgehead atoms. The fourth-order valence-corrected chi connectivity index (χ4v) is 4.73. The van der Waals surface area contributed by atoms with Crippen molar-refractivity contribution >= 4 is 29.0 Å². The third-order valence-electron chi connectivity index (χ3n) is 6.30. The fourth-order valence-electron chi connectivity index (χ4n) is 4.73. The maximum atomic E-state index is 14.3. The predicted octanol–water partition coefficient (Wildman–Crippen LogP) is 3.28. The molecular formula is C26H25FN2O5. The first-order valence-corrected chi connectivity index (χ1v) is 10.9. The zero-order valence-corrected chi connectivity index (χ0v) is 19.0. The minimum atomic E-state index is -1.88.